The van der Waals surface area contributed by atoms with E-state index >= 15 is 0 Å². The molecule has 0 bridgehead atoms. The fourth-order valence-corrected chi connectivity index (χ4v) is 5.17. The van der Waals surface area contributed by atoms with Crippen LogP contribution in [-0.4, -0.2) is 32.0 Å². The number of hydrogen-bond acceptors (Lipinski definition) is 5. The number of nitrogens with zero attached hydrogens (tertiary/aromatic N) is 4. The van der Waals surface area contributed by atoms with Gasteiger partial charge in [0.15, 0.2) is 5.84 Å². The molecular weight excluding hydrogens is 420 g/mol. The summed E-state index contributed by atoms with van der Waals surface area (Å²) in [6, 6.07) is 27.0. The van der Waals surface area contributed by atoms with Crippen molar-refractivity contribution >= 4 is 43.6 Å². The number of sulfonamides is 1. The molecule has 0 saturated carbocycles. The first-order valence-electron chi connectivity index (χ1n) is 10.1. The van der Waals surface area contributed by atoms with Crippen LogP contribution in [-0.2, 0) is 10.0 Å². The maximum absolute atomic E-state index is 12.5. The first-order valence-corrected chi connectivity index (χ1v) is 11.6. The molecule has 0 saturated heterocycles. The topological polar surface area (TPSA) is 85.9 Å². The van der Waals surface area contributed by atoms with Crippen molar-refractivity contribution in [1.29, 1.82) is 5.26 Å². The van der Waals surface area contributed by atoms with E-state index in [-0.39, 0.29) is 23.7 Å². The van der Waals surface area contributed by atoms with Crippen molar-refractivity contribution in [3.05, 3.63) is 90.0 Å². The minimum absolute atomic E-state index is 0.155. The van der Waals surface area contributed by atoms with Crippen molar-refractivity contribution in [3.8, 4) is 6.07 Å². The van der Waals surface area contributed by atoms with Crippen molar-refractivity contribution in [1.82, 2.24) is 5.01 Å². The van der Waals surface area contributed by atoms with Crippen LogP contribution in [0.3, 0.4) is 0 Å². The van der Waals surface area contributed by atoms with Gasteiger partial charge in [0.05, 0.1) is 25.2 Å². The molecule has 1 heterocycles. The van der Waals surface area contributed by atoms with Gasteiger partial charge in [-0.15, -0.1) is 4.40 Å². The molecule has 1 aliphatic rings. The lowest BCUT2D eigenvalue weighted by atomic mass is 9.97. The summed E-state index contributed by atoms with van der Waals surface area (Å²) in [7, 11) is -3.79. The normalized spacial score (nSPS) is 14.4. The van der Waals surface area contributed by atoms with Gasteiger partial charge in [-0.3, -0.25) is 0 Å². The Bertz CT molecular complexity index is 1510. The molecule has 32 heavy (non-hydrogen) atoms. The lowest BCUT2D eigenvalue weighted by molar-refractivity contribution is 0.459. The molecule has 4 aromatic carbocycles. The smallest absolute Gasteiger partial charge is 0.246 e. The van der Waals surface area contributed by atoms with Crippen LogP contribution in [0.4, 0.5) is 0 Å². The van der Waals surface area contributed by atoms with Crippen LogP contribution in [0.2, 0.25) is 0 Å². The summed E-state index contributed by atoms with van der Waals surface area (Å²) in [6.07, 6.45) is 1.91. The highest BCUT2D eigenvalue weighted by Gasteiger charge is 2.31. The van der Waals surface area contributed by atoms with Crippen molar-refractivity contribution in [2.24, 2.45) is 9.50 Å². The average molecular weight is 439 g/mol. The van der Waals surface area contributed by atoms with Crippen LogP contribution in [0.1, 0.15) is 17.5 Å². The average Bonchev–Trinajstić information content (AvgIpc) is 3.09. The number of hydrogen-bond donors (Lipinski definition) is 0. The first kappa shape index (κ1) is 19.9. The van der Waals surface area contributed by atoms with Gasteiger partial charge < -0.3 is 0 Å². The second-order valence-electron chi connectivity index (χ2n) is 7.39. The Balaban J connectivity index is 1.66. The van der Waals surface area contributed by atoms with E-state index in [1.54, 1.807) is 24.4 Å². The van der Waals surface area contributed by atoms with Gasteiger partial charge in [-0.25, -0.2) is 5.01 Å². The van der Waals surface area contributed by atoms with E-state index in [4.69, 9.17) is 5.26 Å². The molecule has 0 unspecified atom stereocenters. The quantitative estimate of drug-likeness (QED) is 0.263. The second-order valence-corrected chi connectivity index (χ2v) is 8.97. The van der Waals surface area contributed by atoms with E-state index in [0.717, 1.165) is 27.1 Å². The highest BCUT2D eigenvalue weighted by molar-refractivity contribution is 7.90. The lowest BCUT2D eigenvalue weighted by Crippen LogP contribution is -2.27. The second kappa shape index (κ2) is 7.91. The molecule has 0 radical (unpaired) electrons. The predicted molar refractivity (Wildman–Crippen MR) is 126 cm³/mol. The van der Waals surface area contributed by atoms with Crippen molar-refractivity contribution in [3.63, 3.8) is 0 Å². The monoisotopic (exact) mass is 438 g/mol. The molecule has 0 spiro atoms. The molecule has 0 aliphatic carbocycles. The molecule has 0 N–H and O–H groups in total. The Morgan fingerprint density at radius 3 is 2.25 bits per heavy atom. The third-order valence-electron chi connectivity index (χ3n) is 5.43. The third-order valence-corrected chi connectivity index (χ3v) is 6.76. The van der Waals surface area contributed by atoms with Gasteiger partial charge >= 0.3 is 0 Å². The van der Waals surface area contributed by atoms with Gasteiger partial charge in [0.25, 0.3) is 10.0 Å². The zero-order valence-electron chi connectivity index (χ0n) is 17.0. The Morgan fingerprint density at radius 1 is 0.938 bits per heavy atom. The summed E-state index contributed by atoms with van der Waals surface area (Å²) in [5, 5.41) is 19.5. The number of fused-ring (bicyclic) bond motifs is 3. The van der Waals surface area contributed by atoms with Crippen molar-refractivity contribution in [2.45, 2.75) is 11.3 Å². The Hall–Kier alpha value is -4.02. The van der Waals surface area contributed by atoms with Gasteiger partial charge in [-0.1, -0.05) is 60.7 Å². The molecule has 0 fully saturated rings. The molecule has 156 valence electrons. The SMILES string of the molecule is N#CCCN(/N=C/c1c2ccccc2cc2ccccc12)C1=NS(=O)(=O)c2ccccc21. The molecule has 0 atom stereocenters. The molecule has 4 aromatic rings. The molecule has 1 aliphatic heterocycles. The number of rotatable bonds is 4. The van der Waals surface area contributed by atoms with Crippen LogP contribution in [0.5, 0.6) is 0 Å². The summed E-state index contributed by atoms with van der Waals surface area (Å²) in [6.45, 7) is 0.221. The molecule has 0 amide bonds. The van der Waals surface area contributed by atoms with Crippen LogP contribution < -0.4 is 0 Å². The van der Waals surface area contributed by atoms with Gasteiger partial charge in [-0.05, 0) is 39.7 Å². The van der Waals surface area contributed by atoms with Crippen LogP contribution in [0, 0.1) is 11.3 Å². The predicted octanol–water partition coefficient (Wildman–Crippen LogP) is 4.69. The van der Waals surface area contributed by atoms with Crippen molar-refractivity contribution < 1.29 is 8.42 Å². The molecule has 0 aromatic heterocycles. The van der Waals surface area contributed by atoms with Crippen molar-refractivity contribution in [2.75, 3.05) is 6.54 Å². The Labute approximate surface area is 185 Å². The number of amidine groups is 1. The number of nitriles is 1. The fraction of sp³-hybridized carbons (Fsp3) is 0.0800. The van der Waals surface area contributed by atoms with Crippen LogP contribution >= 0.6 is 0 Å². The van der Waals surface area contributed by atoms with E-state index in [9.17, 15) is 8.42 Å². The largest absolute Gasteiger partial charge is 0.285 e. The minimum atomic E-state index is -3.79. The summed E-state index contributed by atoms with van der Waals surface area (Å²) in [5.41, 5.74) is 1.42. The Morgan fingerprint density at radius 2 is 1.56 bits per heavy atom. The van der Waals surface area contributed by atoms with E-state index in [1.807, 2.05) is 36.4 Å². The molecule has 7 heteroatoms. The Kier molecular flexibility index (Phi) is 4.92. The zero-order chi connectivity index (χ0) is 22.1. The van der Waals surface area contributed by atoms with Gasteiger partial charge in [0.1, 0.15) is 4.90 Å². The summed E-state index contributed by atoms with van der Waals surface area (Å²) in [5.74, 6) is 0.233. The maximum atomic E-state index is 12.5. The summed E-state index contributed by atoms with van der Waals surface area (Å²) in [4.78, 5) is 0.155. The van der Waals surface area contributed by atoms with Crippen LogP contribution in [0.25, 0.3) is 21.5 Å². The van der Waals surface area contributed by atoms with Gasteiger partial charge in [0, 0.05) is 11.1 Å². The molecule has 6 nitrogen and oxygen atoms in total. The minimum Gasteiger partial charge on any atom is -0.246 e. The van der Waals surface area contributed by atoms with E-state index in [0.29, 0.717) is 5.56 Å². The molecule has 5 rings (SSSR count). The highest BCUT2D eigenvalue weighted by Crippen LogP contribution is 2.29. The number of hydrazone groups is 1. The summed E-state index contributed by atoms with van der Waals surface area (Å²) >= 11 is 0. The third kappa shape index (κ3) is 3.41. The van der Waals surface area contributed by atoms with E-state index in [2.05, 4.69) is 33.8 Å². The van der Waals surface area contributed by atoms with E-state index < -0.39 is 10.0 Å². The van der Waals surface area contributed by atoms with E-state index in [1.165, 1.54) is 11.1 Å². The molecular formula is C25H18N4O2S. The lowest BCUT2D eigenvalue weighted by Gasteiger charge is -2.18. The standard InChI is InChI=1S/C25H18N4O2S/c26-14-7-15-29(25-22-12-5-6-13-24(22)32(30,31)28-25)27-17-23-20-10-3-1-8-18(20)16-19-9-2-4-11-21(19)23/h1-6,8-13,16-17H,7,15H2/b27-17+. The highest BCUT2D eigenvalue weighted by atomic mass is 32.2. The number of benzene rings is 4. The van der Waals surface area contributed by atoms with Gasteiger partial charge in [-0.2, -0.15) is 18.8 Å². The van der Waals surface area contributed by atoms with Crippen LogP contribution in [0.15, 0.2) is 93.3 Å². The first-order chi connectivity index (χ1) is 15.6. The summed E-state index contributed by atoms with van der Waals surface area (Å²) < 4.78 is 29.0. The zero-order valence-corrected chi connectivity index (χ0v) is 17.8. The fourth-order valence-electron chi connectivity index (χ4n) is 3.96. The van der Waals surface area contributed by atoms with Gasteiger partial charge in [0.2, 0.25) is 0 Å². The maximum Gasteiger partial charge on any atom is 0.285 e.